The van der Waals surface area contributed by atoms with Crippen molar-refractivity contribution in [2.75, 3.05) is 0 Å². The highest BCUT2D eigenvalue weighted by Crippen LogP contribution is 2.34. The predicted octanol–water partition coefficient (Wildman–Crippen LogP) is 11.3. The highest BCUT2D eigenvalue weighted by Gasteiger charge is 2.13. The number of aromatic nitrogens is 1. The fraction of sp³-hybridized carbons (Fsp3) is 0.122. The Morgan fingerprint density at radius 1 is 0.357 bits per heavy atom. The van der Waals surface area contributed by atoms with Crippen LogP contribution < -0.4 is 0 Å². The first-order valence-electron chi connectivity index (χ1n) is 14.7. The van der Waals surface area contributed by atoms with E-state index in [0.717, 1.165) is 0 Å². The topological polar surface area (TPSA) is 4.93 Å². The van der Waals surface area contributed by atoms with Crippen LogP contribution in [0.2, 0.25) is 0 Å². The van der Waals surface area contributed by atoms with Crippen LogP contribution in [0.3, 0.4) is 0 Å². The van der Waals surface area contributed by atoms with Gasteiger partial charge >= 0.3 is 0 Å². The Balaban J connectivity index is 0.000000189. The van der Waals surface area contributed by atoms with Gasteiger partial charge in [0.05, 0.1) is 11.0 Å². The molecular formula is C41H37N. The lowest BCUT2D eigenvalue weighted by atomic mass is 9.95. The second-order valence-electron chi connectivity index (χ2n) is 11.3. The van der Waals surface area contributed by atoms with E-state index in [1.165, 1.54) is 77.6 Å². The SMILES string of the molecule is Cc1ccc(-c2ccc(-n3c4ccccc4c4ccccc43)cc2C)c(C)c1.Cc1ccccc1-c1ccccc1C. The van der Waals surface area contributed by atoms with Crippen LogP contribution >= 0.6 is 0 Å². The summed E-state index contributed by atoms with van der Waals surface area (Å²) in [5, 5.41) is 2.60. The predicted molar refractivity (Wildman–Crippen MR) is 182 cm³/mol. The summed E-state index contributed by atoms with van der Waals surface area (Å²) in [6, 6.07) is 47.9. The molecule has 1 aromatic heterocycles. The Kier molecular flexibility index (Phi) is 7.50. The van der Waals surface area contributed by atoms with Crippen molar-refractivity contribution in [3.8, 4) is 27.9 Å². The van der Waals surface area contributed by atoms with Crippen molar-refractivity contribution < 1.29 is 0 Å². The van der Waals surface area contributed by atoms with Gasteiger partial charge in [-0.2, -0.15) is 0 Å². The van der Waals surface area contributed by atoms with E-state index >= 15 is 0 Å². The minimum absolute atomic E-state index is 1.21. The van der Waals surface area contributed by atoms with Crippen LogP contribution in [-0.4, -0.2) is 4.57 Å². The van der Waals surface area contributed by atoms with Gasteiger partial charge in [-0.05, 0) is 103 Å². The molecule has 0 atom stereocenters. The van der Waals surface area contributed by atoms with Gasteiger partial charge in [0.25, 0.3) is 0 Å². The molecular weight excluding hydrogens is 506 g/mol. The van der Waals surface area contributed by atoms with E-state index in [-0.39, 0.29) is 0 Å². The van der Waals surface area contributed by atoms with Crippen LogP contribution in [-0.2, 0) is 0 Å². The molecule has 1 nitrogen and oxygen atoms in total. The summed E-state index contributed by atoms with van der Waals surface area (Å²) in [5.41, 5.74) is 15.6. The summed E-state index contributed by atoms with van der Waals surface area (Å²) in [5.74, 6) is 0. The number of hydrogen-bond donors (Lipinski definition) is 0. The molecule has 0 fully saturated rings. The summed E-state index contributed by atoms with van der Waals surface area (Å²) in [6.45, 7) is 10.9. The van der Waals surface area contributed by atoms with Crippen LogP contribution in [0.4, 0.5) is 0 Å². The normalized spacial score (nSPS) is 11.0. The van der Waals surface area contributed by atoms with Crippen molar-refractivity contribution in [1.82, 2.24) is 4.57 Å². The Bertz CT molecular complexity index is 1940. The van der Waals surface area contributed by atoms with Gasteiger partial charge in [-0.25, -0.2) is 0 Å². The first-order chi connectivity index (χ1) is 20.4. The molecule has 0 aliphatic rings. The quantitative estimate of drug-likeness (QED) is 0.209. The second kappa shape index (κ2) is 11.5. The summed E-state index contributed by atoms with van der Waals surface area (Å²) >= 11 is 0. The largest absolute Gasteiger partial charge is 0.309 e. The molecule has 7 rings (SSSR count). The van der Waals surface area contributed by atoms with Crippen molar-refractivity contribution in [3.63, 3.8) is 0 Å². The van der Waals surface area contributed by atoms with E-state index in [9.17, 15) is 0 Å². The minimum atomic E-state index is 1.21. The highest BCUT2D eigenvalue weighted by atomic mass is 15.0. The zero-order valence-electron chi connectivity index (χ0n) is 25.1. The molecule has 0 saturated carbocycles. The molecule has 0 amide bonds. The van der Waals surface area contributed by atoms with E-state index in [4.69, 9.17) is 0 Å². The van der Waals surface area contributed by atoms with Crippen molar-refractivity contribution >= 4 is 21.8 Å². The Labute approximate surface area is 249 Å². The third kappa shape index (κ3) is 5.15. The van der Waals surface area contributed by atoms with Crippen LogP contribution in [0.5, 0.6) is 0 Å². The molecule has 1 heteroatoms. The molecule has 0 aliphatic carbocycles. The van der Waals surface area contributed by atoms with E-state index < -0.39 is 0 Å². The number of fused-ring (bicyclic) bond motifs is 3. The van der Waals surface area contributed by atoms with Crippen LogP contribution in [0.15, 0.2) is 133 Å². The van der Waals surface area contributed by atoms with Crippen LogP contribution in [0.1, 0.15) is 27.8 Å². The van der Waals surface area contributed by atoms with Crippen LogP contribution in [0.25, 0.3) is 49.7 Å². The lowest BCUT2D eigenvalue weighted by Crippen LogP contribution is -1.96. The standard InChI is InChI=1S/C27H23N.C14H14/c1-18-12-14-22(19(2)16-18)23-15-13-21(17-20(23)3)28-26-10-6-4-8-24(26)25-9-5-7-11-27(25)28;1-11-7-3-5-9-13(11)14-10-6-4-8-12(14)2/h4-17H,1-3H3;3-10H,1-2H3. The van der Waals surface area contributed by atoms with Gasteiger partial charge in [0.2, 0.25) is 0 Å². The van der Waals surface area contributed by atoms with Crippen molar-refractivity contribution in [1.29, 1.82) is 0 Å². The molecule has 0 saturated heterocycles. The lowest BCUT2D eigenvalue weighted by molar-refractivity contribution is 1.17. The number of nitrogens with zero attached hydrogens (tertiary/aromatic N) is 1. The number of benzene rings is 6. The molecule has 0 radical (unpaired) electrons. The van der Waals surface area contributed by atoms with Crippen LogP contribution in [0, 0.1) is 34.6 Å². The van der Waals surface area contributed by atoms with Crippen molar-refractivity contribution in [2.24, 2.45) is 0 Å². The monoisotopic (exact) mass is 543 g/mol. The molecule has 0 bridgehead atoms. The fourth-order valence-electron chi connectivity index (χ4n) is 6.16. The maximum Gasteiger partial charge on any atom is 0.0541 e. The summed E-state index contributed by atoms with van der Waals surface area (Å²) < 4.78 is 2.38. The third-order valence-electron chi connectivity index (χ3n) is 8.30. The van der Waals surface area contributed by atoms with E-state index in [2.05, 4.69) is 173 Å². The maximum absolute atomic E-state index is 2.38. The van der Waals surface area contributed by atoms with Gasteiger partial charge < -0.3 is 4.57 Å². The number of hydrogen-bond acceptors (Lipinski definition) is 0. The van der Waals surface area contributed by atoms with E-state index in [0.29, 0.717) is 0 Å². The zero-order chi connectivity index (χ0) is 29.2. The first-order valence-corrected chi connectivity index (χ1v) is 14.7. The van der Waals surface area contributed by atoms with Gasteiger partial charge in [0, 0.05) is 16.5 Å². The van der Waals surface area contributed by atoms with Gasteiger partial charge in [-0.3, -0.25) is 0 Å². The van der Waals surface area contributed by atoms with Gasteiger partial charge in [0.1, 0.15) is 0 Å². The third-order valence-corrected chi connectivity index (χ3v) is 8.30. The number of para-hydroxylation sites is 2. The first kappa shape index (κ1) is 27.3. The van der Waals surface area contributed by atoms with Gasteiger partial charge in [0.15, 0.2) is 0 Å². The molecule has 42 heavy (non-hydrogen) atoms. The van der Waals surface area contributed by atoms with Gasteiger partial charge in [-0.1, -0.05) is 115 Å². The van der Waals surface area contributed by atoms with Crippen molar-refractivity contribution in [2.45, 2.75) is 34.6 Å². The Hall–Kier alpha value is -4.88. The number of aryl methyl sites for hydroxylation is 5. The van der Waals surface area contributed by atoms with Gasteiger partial charge in [-0.15, -0.1) is 0 Å². The lowest BCUT2D eigenvalue weighted by Gasteiger charge is -2.14. The summed E-state index contributed by atoms with van der Waals surface area (Å²) in [7, 11) is 0. The molecule has 7 aromatic rings. The zero-order valence-corrected chi connectivity index (χ0v) is 25.1. The summed E-state index contributed by atoms with van der Waals surface area (Å²) in [6.07, 6.45) is 0. The molecule has 0 unspecified atom stereocenters. The maximum atomic E-state index is 2.38. The van der Waals surface area contributed by atoms with Crippen molar-refractivity contribution in [3.05, 3.63) is 161 Å². The van der Waals surface area contributed by atoms with E-state index in [1.54, 1.807) is 0 Å². The fourth-order valence-corrected chi connectivity index (χ4v) is 6.16. The Morgan fingerprint density at radius 3 is 1.29 bits per heavy atom. The minimum Gasteiger partial charge on any atom is -0.309 e. The average molecular weight is 544 g/mol. The van der Waals surface area contributed by atoms with E-state index in [1.807, 2.05) is 0 Å². The average Bonchev–Trinajstić information content (AvgIpc) is 3.33. The molecule has 0 spiro atoms. The summed E-state index contributed by atoms with van der Waals surface area (Å²) in [4.78, 5) is 0. The molecule has 0 N–H and O–H groups in total. The molecule has 206 valence electrons. The highest BCUT2D eigenvalue weighted by molar-refractivity contribution is 6.09. The molecule has 1 heterocycles. The number of rotatable bonds is 3. The molecule has 6 aromatic carbocycles. The molecule has 0 aliphatic heterocycles. The Morgan fingerprint density at radius 2 is 0.786 bits per heavy atom. The smallest absolute Gasteiger partial charge is 0.0541 e. The second-order valence-corrected chi connectivity index (χ2v) is 11.3.